The molecule has 1 aromatic heterocycles. The molecule has 1 aromatic rings. The van der Waals surface area contributed by atoms with Crippen LogP contribution in [-0.2, 0) is 0 Å². The van der Waals surface area contributed by atoms with Gasteiger partial charge in [-0.25, -0.2) is 0 Å². The van der Waals surface area contributed by atoms with Crippen LogP contribution >= 0.6 is 43.2 Å². The highest BCUT2D eigenvalue weighted by Gasteiger charge is 2.24. The second-order valence-corrected chi connectivity index (χ2v) is 8.26. The Hall–Kier alpha value is 0.0500. The largest absolute Gasteiger partial charge is 0.395 e. The molecular formula is C12H16Br2N2O2S. The van der Waals surface area contributed by atoms with E-state index in [1.54, 1.807) is 4.90 Å². The summed E-state index contributed by atoms with van der Waals surface area (Å²) in [6, 6.07) is 2.17. The summed E-state index contributed by atoms with van der Waals surface area (Å²) in [5.41, 5.74) is 0.656. The highest BCUT2D eigenvalue weighted by atomic mass is 79.9. The van der Waals surface area contributed by atoms with E-state index in [4.69, 9.17) is 5.11 Å². The maximum absolute atomic E-state index is 12.5. The Balaban J connectivity index is 2.08. The molecule has 0 spiro atoms. The zero-order valence-electron chi connectivity index (χ0n) is 10.4. The monoisotopic (exact) mass is 410 g/mol. The van der Waals surface area contributed by atoms with Crippen molar-refractivity contribution in [3.05, 3.63) is 19.2 Å². The molecule has 0 bridgehead atoms. The fourth-order valence-electron chi connectivity index (χ4n) is 2.23. The maximum atomic E-state index is 12.5. The van der Waals surface area contributed by atoms with Crippen molar-refractivity contribution in [2.24, 2.45) is 0 Å². The molecule has 0 aliphatic carbocycles. The molecule has 0 aromatic carbocycles. The molecule has 106 valence electrons. The van der Waals surface area contributed by atoms with Gasteiger partial charge < -0.3 is 15.3 Å². The normalized spacial score (nSPS) is 18.8. The fourth-order valence-corrected chi connectivity index (χ4v) is 5.01. The number of aliphatic hydroxyl groups is 1. The average molecular weight is 412 g/mol. The predicted molar refractivity (Wildman–Crippen MR) is 83.7 cm³/mol. The zero-order chi connectivity index (χ0) is 13.8. The van der Waals surface area contributed by atoms with E-state index >= 15 is 0 Å². The molecule has 1 fully saturated rings. The molecule has 1 atom stereocenters. The van der Waals surface area contributed by atoms with E-state index in [1.807, 2.05) is 6.07 Å². The van der Waals surface area contributed by atoms with Crippen LogP contribution in [0, 0.1) is 0 Å². The second kappa shape index (κ2) is 7.17. The first-order chi connectivity index (χ1) is 9.11. The van der Waals surface area contributed by atoms with Gasteiger partial charge in [0, 0.05) is 19.1 Å². The van der Waals surface area contributed by atoms with Crippen molar-refractivity contribution in [1.82, 2.24) is 10.2 Å². The van der Waals surface area contributed by atoms with Gasteiger partial charge in [0.25, 0.3) is 5.91 Å². The second-order valence-electron chi connectivity index (χ2n) is 4.51. The van der Waals surface area contributed by atoms with Crippen LogP contribution in [0.4, 0.5) is 0 Å². The molecule has 1 unspecified atom stereocenters. The first-order valence-electron chi connectivity index (χ1n) is 6.20. The standard InChI is InChI=1S/C12H16Br2N2O2S/c13-10-6-9(11(14)19-10)12(18)16(4-5-17)7-8-2-1-3-15-8/h6,8,15,17H,1-5,7H2. The van der Waals surface area contributed by atoms with Crippen LogP contribution in [0.5, 0.6) is 0 Å². The fraction of sp³-hybridized carbons (Fsp3) is 0.583. The summed E-state index contributed by atoms with van der Waals surface area (Å²) in [6.45, 7) is 2.02. The lowest BCUT2D eigenvalue weighted by Crippen LogP contribution is -2.42. The quantitative estimate of drug-likeness (QED) is 0.782. The molecule has 1 aliphatic rings. The van der Waals surface area contributed by atoms with Crippen molar-refractivity contribution < 1.29 is 9.90 Å². The van der Waals surface area contributed by atoms with Crippen LogP contribution in [-0.4, -0.2) is 48.2 Å². The first kappa shape index (κ1) is 15.4. The van der Waals surface area contributed by atoms with Gasteiger partial charge in [-0.1, -0.05) is 0 Å². The molecule has 1 amide bonds. The number of hydrogen-bond donors (Lipinski definition) is 2. The van der Waals surface area contributed by atoms with Gasteiger partial charge >= 0.3 is 0 Å². The average Bonchev–Trinajstić information content (AvgIpc) is 2.97. The molecule has 1 saturated heterocycles. The SMILES string of the molecule is O=C(c1cc(Br)sc1Br)N(CCO)CC1CCCN1. The van der Waals surface area contributed by atoms with E-state index in [0.29, 0.717) is 24.7 Å². The highest BCUT2D eigenvalue weighted by molar-refractivity contribution is 9.12. The molecule has 4 nitrogen and oxygen atoms in total. The van der Waals surface area contributed by atoms with E-state index in [2.05, 4.69) is 37.2 Å². The minimum atomic E-state index is -0.0309. The molecular weight excluding hydrogens is 396 g/mol. The number of hydrogen-bond acceptors (Lipinski definition) is 4. The lowest BCUT2D eigenvalue weighted by Gasteiger charge is -2.25. The van der Waals surface area contributed by atoms with Crippen molar-refractivity contribution in [1.29, 1.82) is 0 Å². The third-order valence-electron chi connectivity index (χ3n) is 3.15. The lowest BCUT2D eigenvalue weighted by atomic mass is 10.2. The van der Waals surface area contributed by atoms with Gasteiger partial charge in [-0.15, -0.1) is 11.3 Å². The number of nitrogens with zero attached hydrogens (tertiary/aromatic N) is 1. The number of halogens is 2. The molecule has 19 heavy (non-hydrogen) atoms. The van der Waals surface area contributed by atoms with Gasteiger partial charge in [0.05, 0.1) is 19.7 Å². The van der Waals surface area contributed by atoms with Gasteiger partial charge in [0.15, 0.2) is 0 Å². The van der Waals surface area contributed by atoms with E-state index in [9.17, 15) is 4.79 Å². The van der Waals surface area contributed by atoms with Gasteiger partial charge in [-0.2, -0.15) is 0 Å². The molecule has 2 heterocycles. The van der Waals surface area contributed by atoms with Crippen LogP contribution in [0.2, 0.25) is 0 Å². The Morgan fingerprint density at radius 3 is 2.89 bits per heavy atom. The van der Waals surface area contributed by atoms with Gasteiger partial charge in [-0.05, 0) is 57.3 Å². The molecule has 2 rings (SSSR count). The summed E-state index contributed by atoms with van der Waals surface area (Å²) in [6.07, 6.45) is 2.24. The Labute approximate surface area is 133 Å². The van der Waals surface area contributed by atoms with E-state index in [0.717, 1.165) is 27.0 Å². The molecule has 0 radical (unpaired) electrons. The van der Waals surface area contributed by atoms with E-state index in [1.165, 1.54) is 11.3 Å². The lowest BCUT2D eigenvalue weighted by molar-refractivity contribution is 0.0706. The minimum absolute atomic E-state index is 0.0125. The number of aliphatic hydroxyl groups excluding tert-OH is 1. The van der Waals surface area contributed by atoms with Crippen molar-refractivity contribution in [3.63, 3.8) is 0 Å². The number of rotatable bonds is 5. The summed E-state index contributed by atoms with van der Waals surface area (Å²) in [4.78, 5) is 14.2. The number of carbonyl (C=O) groups excluding carboxylic acids is 1. The number of carbonyl (C=O) groups is 1. The maximum Gasteiger partial charge on any atom is 0.256 e. The van der Waals surface area contributed by atoms with E-state index < -0.39 is 0 Å². The summed E-state index contributed by atoms with van der Waals surface area (Å²) < 4.78 is 1.75. The molecule has 2 N–H and O–H groups in total. The molecule has 0 saturated carbocycles. The third-order valence-corrected chi connectivity index (χ3v) is 5.49. The summed E-state index contributed by atoms with van der Waals surface area (Å²) >= 11 is 8.28. The number of nitrogens with one attached hydrogen (secondary N) is 1. The van der Waals surface area contributed by atoms with Crippen LogP contribution in [0.25, 0.3) is 0 Å². The molecule has 1 aliphatic heterocycles. The van der Waals surface area contributed by atoms with Crippen LogP contribution in [0.3, 0.4) is 0 Å². The van der Waals surface area contributed by atoms with Crippen LogP contribution in [0.1, 0.15) is 23.2 Å². The first-order valence-corrected chi connectivity index (χ1v) is 8.60. The Morgan fingerprint density at radius 1 is 1.58 bits per heavy atom. The molecule has 7 heteroatoms. The number of thiophene rings is 1. The van der Waals surface area contributed by atoms with Crippen molar-refractivity contribution >= 4 is 49.1 Å². The van der Waals surface area contributed by atoms with E-state index in [-0.39, 0.29) is 12.5 Å². The summed E-state index contributed by atoms with van der Waals surface area (Å²) in [7, 11) is 0. The smallest absolute Gasteiger partial charge is 0.256 e. The van der Waals surface area contributed by atoms with Crippen molar-refractivity contribution in [2.75, 3.05) is 26.2 Å². The van der Waals surface area contributed by atoms with Crippen LogP contribution in [0.15, 0.2) is 13.6 Å². The van der Waals surface area contributed by atoms with Crippen molar-refractivity contribution in [2.45, 2.75) is 18.9 Å². The Kier molecular flexibility index (Phi) is 5.83. The Bertz CT molecular complexity index is 447. The Morgan fingerprint density at radius 2 is 2.37 bits per heavy atom. The van der Waals surface area contributed by atoms with Gasteiger partial charge in [0.2, 0.25) is 0 Å². The third kappa shape index (κ3) is 4.01. The van der Waals surface area contributed by atoms with Crippen LogP contribution < -0.4 is 5.32 Å². The summed E-state index contributed by atoms with van der Waals surface area (Å²) in [5, 5.41) is 12.5. The number of amides is 1. The predicted octanol–water partition coefficient (Wildman–Crippen LogP) is 2.46. The highest BCUT2D eigenvalue weighted by Crippen LogP contribution is 2.32. The van der Waals surface area contributed by atoms with Gasteiger partial charge in [0.1, 0.15) is 0 Å². The summed E-state index contributed by atoms with van der Waals surface area (Å²) in [5.74, 6) is -0.0309. The minimum Gasteiger partial charge on any atom is -0.395 e. The van der Waals surface area contributed by atoms with Crippen molar-refractivity contribution in [3.8, 4) is 0 Å². The van der Waals surface area contributed by atoms with Gasteiger partial charge in [-0.3, -0.25) is 4.79 Å². The zero-order valence-corrected chi connectivity index (χ0v) is 14.4. The topological polar surface area (TPSA) is 52.6 Å².